The van der Waals surface area contributed by atoms with Crippen molar-refractivity contribution in [3.05, 3.63) is 47.3 Å². The summed E-state index contributed by atoms with van der Waals surface area (Å²) in [5.74, 6) is 0.616. The van der Waals surface area contributed by atoms with Crippen molar-refractivity contribution in [2.24, 2.45) is 0 Å². The van der Waals surface area contributed by atoms with E-state index in [1.807, 2.05) is 38.1 Å². The number of nitrogens with zero attached hydrogens (tertiary/aromatic N) is 2. The number of methoxy groups -OCH3 is 1. The highest BCUT2D eigenvalue weighted by Gasteiger charge is 2.22. The highest BCUT2D eigenvalue weighted by molar-refractivity contribution is 5.36. The van der Waals surface area contributed by atoms with E-state index in [9.17, 15) is 5.11 Å². The molecule has 1 heterocycles. The molecule has 0 radical (unpaired) electrons. The summed E-state index contributed by atoms with van der Waals surface area (Å²) in [6.45, 7) is 6.17. The molecule has 0 spiro atoms. The number of rotatable bonds is 5. The van der Waals surface area contributed by atoms with Gasteiger partial charge in [-0.2, -0.15) is 5.10 Å². The van der Waals surface area contributed by atoms with Crippen LogP contribution in [0.5, 0.6) is 5.75 Å². The molecule has 1 aromatic carbocycles. The van der Waals surface area contributed by atoms with E-state index >= 15 is 0 Å². The lowest BCUT2D eigenvalue weighted by molar-refractivity contribution is 0.199. The van der Waals surface area contributed by atoms with Crippen LogP contribution in [0, 0.1) is 0 Å². The molecule has 4 nitrogen and oxygen atoms in total. The lowest BCUT2D eigenvalue weighted by Gasteiger charge is -2.17. The van der Waals surface area contributed by atoms with Crippen LogP contribution in [-0.2, 0) is 6.42 Å². The van der Waals surface area contributed by atoms with Gasteiger partial charge in [-0.3, -0.25) is 4.68 Å². The van der Waals surface area contributed by atoms with Crippen molar-refractivity contribution < 1.29 is 9.84 Å². The Hall–Kier alpha value is -1.81. The van der Waals surface area contributed by atoms with E-state index in [4.69, 9.17) is 4.74 Å². The molecule has 20 heavy (non-hydrogen) atoms. The Morgan fingerprint density at radius 1 is 1.25 bits per heavy atom. The van der Waals surface area contributed by atoms with E-state index in [0.29, 0.717) is 11.4 Å². The van der Waals surface area contributed by atoms with E-state index in [1.54, 1.807) is 18.0 Å². The maximum Gasteiger partial charge on any atom is 0.163 e. The standard InChI is InChI=1S/C16H22N2O2/c1-5-12-6-8-13(9-7-12)16(19)15-14(20-4)10-17-18(15)11(2)3/h6-11,16,19H,5H2,1-4H3. The summed E-state index contributed by atoms with van der Waals surface area (Å²) in [6, 6.07) is 8.17. The second kappa shape index (κ2) is 6.09. The summed E-state index contributed by atoms with van der Waals surface area (Å²) < 4.78 is 7.12. The van der Waals surface area contributed by atoms with E-state index in [1.165, 1.54) is 5.56 Å². The van der Waals surface area contributed by atoms with E-state index < -0.39 is 6.10 Å². The van der Waals surface area contributed by atoms with Crippen molar-refractivity contribution in [3.63, 3.8) is 0 Å². The molecule has 0 aliphatic carbocycles. The largest absolute Gasteiger partial charge is 0.493 e. The Kier molecular flexibility index (Phi) is 4.45. The highest BCUT2D eigenvalue weighted by atomic mass is 16.5. The van der Waals surface area contributed by atoms with Gasteiger partial charge in [0.05, 0.1) is 13.3 Å². The summed E-state index contributed by atoms with van der Waals surface area (Å²) in [7, 11) is 1.60. The molecule has 4 heteroatoms. The Morgan fingerprint density at radius 2 is 1.90 bits per heavy atom. The predicted molar refractivity (Wildman–Crippen MR) is 79.0 cm³/mol. The fourth-order valence-corrected chi connectivity index (χ4v) is 2.28. The third kappa shape index (κ3) is 2.70. The van der Waals surface area contributed by atoms with Gasteiger partial charge in [-0.15, -0.1) is 0 Å². The summed E-state index contributed by atoms with van der Waals surface area (Å²) in [5.41, 5.74) is 2.81. The number of hydrogen-bond donors (Lipinski definition) is 1. The van der Waals surface area contributed by atoms with Crippen LogP contribution in [0.1, 0.15) is 49.7 Å². The van der Waals surface area contributed by atoms with Crippen LogP contribution in [0.25, 0.3) is 0 Å². The van der Waals surface area contributed by atoms with Gasteiger partial charge in [0, 0.05) is 6.04 Å². The molecule has 0 aliphatic heterocycles. The molecular weight excluding hydrogens is 252 g/mol. The number of aryl methyl sites for hydroxylation is 1. The molecule has 1 unspecified atom stereocenters. The zero-order chi connectivity index (χ0) is 14.7. The van der Waals surface area contributed by atoms with Gasteiger partial charge >= 0.3 is 0 Å². The maximum absolute atomic E-state index is 10.6. The Bertz CT molecular complexity index is 558. The molecule has 0 bridgehead atoms. The van der Waals surface area contributed by atoms with Crippen LogP contribution in [0.3, 0.4) is 0 Å². The molecule has 0 saturated heterocycles. The SMILES string of the molecule is CCc1ccc(C(O)c2c(OC)cnn2C(C)C)cc1. The number of ether oxygens (including phenoxy) is 1. The number of aromatic nitrogens is 2. The van der Waals surface area contributed by atoms with Crippen molar-refractivity contribution in [2.75, 3.05) is 7.11 Å². The minimum absolute atomic E-state index is 0.165. The number of aliphatic hydroxyl groups excluding tert-OH is 1. The first kappa shape index (κ1) is 14.6. The van der Waals surface area contributed by atoms with Crippen molar-refractivity contribution in [1.82, 2.24) is 9.78 Å². The predicted octanol–water partition coefficient (Wildman–Crippen LogP) is 3.12. The summed E-state index contributed by atoms with van der Waals surface area (Å²) in [4.78, 5) is 0. The first-order valence-electron chi connectivity index (χ1n) is 6.96. The Balaban J connectivity index is 2.40. The van der Waals surface area contributed by atoms with E-state index in [2.05, 4.69) is 12.0 Å². The lowest BCUT2D eigenvalue weighted by Crippen LogP contribution is -2.13. The molecule has 0 amide bonds. The average Bonchev–Trinajstić information content (AvgIpc) is 2.90. The van der Waals surface area contributed by atoms with Crippen molar-refractivity contribution in [1.29, 1.82) is 0 Å². The van der Waals surface area contributed by atoms with Crippen molar-refractivity contribution in [3.8, 4) is 5.75 Å². The molecule has 0 fully saturated rings. The topological polar surface area (TPSA) is 47.3 Å². The second-order valence-electron chi connectivity index (χ2n) is 5.13. The molecular formula is C16H22N2O2. The monoisotopic (exact) mass is 274 g/mol. The minimum Gasteiger partial charge on any atom is -0.493 e. The zero-order valence-corrected chi connectivity index (χ0v) is 12.5. The summed E-state index contributed by atoms with van der Waals surface area (Å²) >= 11 is 0. The lowest BCUT2D eigenvalue weighted by atomic mass is 10.0. The van der Waals surface area contributed by atoms with Gasteiger partial charge in [0.2, 0.25) is 0 Å². The quantitative estimate of drug-likeness (QED) is 0.911. The second-order valence-corrected chi connectivity index (χ2v) is 5.13. The van der Waals surface area contributed by atoms with Crippen LogP contribution in [0.15, 0.2) is 30.5 Å². The third-order valence-electron chi connectivity index (χ3n) is 3.47. The number of benzene rings is 1. The Morgan fingerprint density at radius 3 is 2.40 bits per heavy atom. The first-order chi connectivity index (χ1) is 9.58. The Labute approximate surface area is 120 Å². The van der Waals surface area contributed by atoms with Gasteiger partial charge in [-0.1, -0.05) is 31.2 Å². The van der Waals surface area contributed by atoms with E-state index in [-0.39, 0.29) is 6.04 Å². The van der Waals surface area contributed by atoms with Gasteiger partial charge < -0.3 is 9.84 Å². The van der Waals surface area contributed by atoms with Gasteiger partial charge in [0.25, 0.3) is 0 Å². The van der Waals surface area contributed by atoms with Gasteiger partial charge in [0.1, 0.15) is 11.8 Å². The van der Waals surface area contributed by atoms with Gasteiger partial charge in [-0.25, -0.2) is 0 Å². The first-order valence-corrected chi connectivity index (χ1v) is 6.96. The fourth-order valence-electron chi connectivity index (χ4n) is 2.28. The van der Waals surface area contributed by atoms with Crippen LogP contribution < -0.4 is 4.74 Å². The minimum atomic E-state index is -0.735. The van der Waals surface area contributed by atoms with Crippen LogP contribution >= 0.6 is 0 Å². The van der Waals surface area contributed by atoms with E-state index in [0.717, 1.165) is 12.0 Å². The van der Waals surface area contributed by atoms with Crippen LogP contribution in [0.4, 0.5) is 0 Å². The van der Waals surface area contributed by atoms with Gasteiger partial charge in [-0.05, 0) is 31.4 Å². The van der Waals surface area contributed by atoms with Crippen molar-refractivity contribution >= 4 is 0 Å². The van der Waals surface area contributed by atoms with Crippen LogP contribution in [0.2, 0.25) is 0 Å². The maximum atomic E-state index is 10.6. The summed E-state index contributed by atoms with van der Waals surface area (Å²) in [6.07, 6.45) is 1.91. The zero-order valence-electron chi connectivity index (χ0n) is 12.5. The number of aliphatic hydroxyl groups is 1. The molecule has 2 rings (SSSR count). The molecule has 1 atom stereocenters. The summed E-state index contributed by atoms with van der Waals surface area (Å²) in [5, 5.41) is 14.9. The normalized spacial score (nSPS) is 12.7. The molecule has 2 aromatic rings. The molecule has 0 aliphatic rings. The third-order valence-corrected chi connectivity index (χ3v) is 3.47. The molecule has 0 saturated carbocycles. The molecule has 1 N–H and O–H groups in total. The fraction of sp³-hybridized carbons (Fsp3) is 0.438. The highest BCUT2D eigenvalue weighted by Crippen LogP contribution is 2.31. The van der Waals surface area contributed by atoms with Gasteiger partial charge in [0.15, 0.2) is 5.75 Å². The molecule has 108 valence electrons. The smallest absolute Gasteiger partial charge is 0.163 e. The average molecular weight is 274 g/mol. The van der Waals surface area contributed by atoms with Crippen LogP contribution in [-0.4, -0.2) is 22.0 Å². The van der Waals surface area contributed by atoms with Crippen molar-refractivity contribution in [2.45, 2.75) is 39.3 Å². The molecule has 1 aromatic heterocycles. The number of hydrogen-bond acceptors (Lipinski definition) is 3.